The Labute approximate surface area is 93.8 Å². The molecule has 1 aromatic rings. The molecule has 1 rings (SSSR count). The lowest BCUT2D eigenvalue weighted by molar-refractivity contribution is -0.116. The summed E-state index contributed by atoms with van der Waals surface area (Å²) < 4.78 is 17.5. The molecule has 0 aliphatic heterocycles. The van der Waals surface area contributed by atoms with Crippen molar-refractivity contribution >= 4 is 11.6 Å². The molecule has 0 spiro atoms. The van der Waals surface area contributed by atoms with E-state index in [1.165, 1.54) is 18.3 Å². The number of hydrogen-bond donors (Lipinski definition) is 1. The third kappa shape index (κ3) is 4.35. The highest BCUT2D eigenvalue weighted by atomic mass is 19.1. The van der Waals surface area contributed by atoms with Crippen molar-refractivity contribution in [3.63, 3.8) is 0 Å². The fraction of sp³-hybridized carbons (Fsp3) is 0.455. The van der Waals surface area contributed by atoms with Crippen molar-refractivity contribution < 1.29 is 13.9 Å². The van der Waals surface area contributed by atoms with Crippen molar-refractivity contribution in [1.29, 1.82) is 0 Å². The van der Waals surface area contributed by atoms with E-state index in [1.54, 1.807) is 7.11 Å². The van der Waals surface area contributed by atoms with E-state index in [2.05, 4.69) is 10.3 Å². The maximum atomic E-state index is 12.5. The van der Waals surface area contributed by atoms with Crippen LogP contribution >= 0.6 is 0 Å². The molecule has 16 heavy (non-hydrogen) atoms. The average molecular weight is 226 g/mol. The third-order valence-electron chi connectivity index (χ3n) is 2.19. The smallest absolute Gasteiger partial charge is 0.224 e. The maximum Gasteiger partial charge on any atom is 0.224 e. The third-order valence-corrected chi connectivity index (χ3v) is 2.19. The van der Waals surface area contributed by atoms with Crippen LogP contribution in [0.4, 0.5) is 10.1 Å². The van der Waals surface area contributed by atoms with Gasteiger partial charge >= 0.3 is 0 Å². The lowest BCUT2D eigenvalue weighted by Gasteiger charge is -2.09. The van der Waals surface area contributed by atoms with Gasteiger partial charge in [-0.05, 0) is 25.5 Å². The molecule has 1 N–H and O–H groups in total. The first kappa shape index (κ1) is 12.6. The van der Waals surface area contributed by atoms with Gasteiger partial charge in [0.2, 0.25) is 11.9 Å². The van der Waals surface area contributed by atoms with Gasteiger partial charge in [0, 0.05) is 13.5 Å². The lowest BCUT2D eigenvalue weighted by Crippen LogP contribution is -2.15. The first-order valence-corrected chi connectivity index (χ1v) is 5.06. The Morgan fingerprint density at radius 3 is 2.94 bits per heavy atom. The molecule has 0 fully saturated rings. The number of nitrogens with one attached hydrogen (secondary N) is 1. The number of rotatable bonds is 5. The van der Waals surface area contributed by atoms with Crippen molar-refractivity contribution in [3.8, 4) is 0 Å². The Bertz CT molecular complexity index is 340. The molecule has 4 nitrogen and oxygen atoms in total. The standard InChI is InChI=1S/C11H15FN2O2/c1-8(16-2)3-6-11(15)14-9-4-5-10(12)13-7-9/h4-5,7-8H,3,6H2,1-2H3,(H,14,15). The fourth-order valence-corrected chi connectivity index (χ4v) is 1.13. The quantitative estimate of drug-likeness (QED) is 0.781. The van der Waals surface area contributed by atoms with Gasteiger partial charge in [-0.1, -0.05) is 0 Å². The molecular formula is C11H15FN2O2. The molecule has 0 saturated heterocycles. The Kier molecular flexibility index (Phi) is 4.85. The zero-order valence-electron chi connectivity index (χ0n) is 9.37. The van der Waals surface area contributed by atoms with Crippen LogP contribution in [0.2, 0.25) is 0 Å². The Morgan fingerprint density at radius 1 is 1.62 bits per heavy atom. The topological polar surface area (TPSA) is 51.2 Å². The molecule has 0 bridgehead atoms. The van der Waals surface area contributed by atoms with Crippen LogP contribution in [0.15, 0.2) is 18.3 Å². The van der Waals surface area contributed by atoms with Gasteiger partial charge in [-0.15, -0.1) is 0 Å². The second kappa shape index (κ2) is 6.17. The van der Waals surface area contributed by atoms with E-state index in [-0.39, 0.29) is 12.0 Å². The number of amides is 1. The van der Waals surface area contributed by atoms with Crippen molar-refractivity contribution in [2.75, 3.05) is 12.4 Å². The monoisotopic (exact) mass is 226 g/mol. The van der Waals surface area contributed by atoms with Crippen LogP contribution in [0.25, 0.3) is 0 Å². The summed E-state index contributed by atoms with van der Waals surface area (Å²) in [4.78, 5) is 14.9. The number of anilines is 1. The summed E-state index contributed by atoms with van der Waals surface area (Å²) in [6, 6.07) is 2.67. The molecule has 0 aromatic carbocycles. The van der Waals surface area contributed by atoms with Gasteiger partial charge in [0.1, 0.15) is 0 Å². The van der Waals surface area contributed by atoms with Gasteiger partial charge < -0.3 is 10.1 Å². The maximum absolute atomic E-state index is 12.5. The average Bonchev–Trinajstić information content (AvgIpc) is 2.29. The summed E-state index contributed by atoms with van der Waals surface area (Å²) in [6.45, 7) is 1.90. The summed E-state index contributed by atoms with van der Waals surface area (Å²) in [5, 5.41) is 2.62. The van der Waals surface area contributed by atoms with Crippen molar-refractivity contribution in [2.24, 2.45) is 0 Å². The second-order valence-corrected chi connectivity index (χ2v) is 3.50. The highest BCUT2D eigenvalue weighted by molar-refractivity contribution is 5.90. The van der Waals surface area contributed by atoms with Gasteiger partial charge in [-0.3, -0.25) is 4.79 Å². The Hall–Kier alpha value is -1.49. The summed E-state index contributed by atoms with van der Waals surface area (Å²) >= 11 is 0. The van der Waals surface area contributed by atoms with Gasteiger partial charge in [0.15, 0.2) is 0 Å². The van der Waals surface area contributed by atoms with E-state index < -0.39 is 5.95 Å². The van der Waals surface area contributed by atoms with Crippen LogP contribution in [0.5, 0.6) is 0 Å². The van der Waals surface area contributed by atoms with Gasteiger partial charge in [-0.2, -0.15) is 4.39 Å². The molecule has 1 aromatic heterocycles. The van der Waals surface area contributed by atoms with E-state index in [4.69, 9.17) is 4.74 Å². The van der Waals surface area contributed by atoms with Gasteiger partial charge in [-0.25, -0.2) is 4.98 Å². The molecule has 0 radical (unpaired) electrons. The van der Waals surface area contributed by atoms with E-state index in [0.717, 1.165) is 0 Å². The molecule has 5 heteroatoms. The van der Waals surface area contributed by atoms with Crippen LogP contribution in [-0.4, -0.2) is 24.1 Å². The molecule has 0 aliphatic carbocycles. The number of methoxy groups -OCH3 is 1. The van der Waals surface area contributed by atoms with E-state index in [9.17, 15) is 9.18 Å². The van der Waals surface area contributed by atoms with E-state index >= 15 is 0 Å². The number of carbonyl (C=O) groups excluding carboxylic acids is 1. The SMILES string of the molecule is COC(C)CCC(=O)Nc1ccc(F)nc1. The van der Waals surface area contributed by atoms with Crippen LogP contribution in [0.1, 0.15) is 19.8 Å². The Balaban J connectivity index is 2.37. The number of pyridine rings is 1. The number of carbonyl (C=O) groups is 1. The zero-order chi connectivity index (χ0) is 12.0. The highest BCUT2D eigenvalue weighted by Gasteiger charge is 2.06. The Morgan fingerprint density at radius 2 is 2.38 bits per heavy atom. The molecule has 0 saturated carbocycles. The second-order valence-electron chi connectivity index (χ2n) is 3.50. The van der Waals surface area contributed by atoms with Crippen molar-refractivity contribution in [3.05, 3.63) is 24.3 Å². The van der Waals surface area contributed by atoms with Crippen LogP contribution in [0, 0.1) is 5.95 Å². The summed E-state index contributed by atoms with van der Waals surface area (Å²) in [5.74, 6) is -0.691. The summed E-state index contributed by atoms with van der Waals surface area (Å²) in [6.07, 6.45) is 2.35. The normalized spacial score (nSPS) is 12.2. The molecule has 1 unspecified atom stereocenters. The lowest BCUT2D eigenvalue weighted by atomic mass is 10.2. The van der Waals surface area contributed by atoms with E-state index in [0.29, 0.717) is 18.5 Å². The van der Waals surface area contributed by atoms with Crippen molar-refractivity contribution in [1.82, 2.24) is 4.98 Å². The first-order chi connectivity index (χ1) is 7.61. The summed E-state index contributed by atoms with van der Waals surface area (Å²) in [7, 11) is 1.60. The molecule has 1 amide bonds. The van der Waals surface area contributed by atoms with Crippen molar-refractivity contribution in [2.45, 2.75) is 25.9 Å². The highest BCUT2D eigenvalue weighted by Crippen LogP contribution is 2.07. The number of ether oxygens (including phenoxy) is 1. The predicted octanol–water partition coefficient (Wildman–Crippen LogP) is 1.97. The van der Waals surface area contributed by atoms with Gasteiger partial charge in [0.25, 0.3) is 0 Å². The minimum absolute atomic E-state index is 0.0529. The molecule has 1 atom stereocenters. The molecule has 88 valence electrons. The van der Waals surface area contributed by atoms with Crippen LogP contribution in [-0.2, 0) is 9.53 Å². The molecule has 0 aliphatic rings. The summed E-state index contributed by atoms with van der Waals surface area (Å²) in [5.41, 5.74) is 0.497. The fourth-order valence-electron chi connectivity index (χ4n) is 1.13. The van der Waals surface area contributed by atoms with Crippen LogP contribution < -0.4 is 5.32 Å². The molecule has 1 heterocycles. The van der Waals surface area contributed by atoms with Crippen LogP contribution in [0.3, 0.4) is 0 Å². The van der Waals surface area contributed by atoms with Gasteiger partial charge in [0.05, 0.1) is 18.0 Å². The number of halogens is 1. The van der Waals surface area contributed by atoms with E-state index in [1.807, 2.05) is 6.92 Å². The number of hydrogen-bond acceptors (Lipinski definition) is 3. The minimum Gasteiger partial charge on any atom is -0.382 e. The minimum atomic E-state index is -0.564. The zero-order valence-corrected chi connectivity index (χ0v) is 9.37. The predicted molar refractivity (Wildman–Crippen MR) is 58.5 cm³/mol. The largest absolute Gasteiger partial charge is 0.382 e. The number of nitrogens with zero attached hydrogens (tertiary/aromatic N) is 1. The first-order valence-electron chi connectivity index (χ1n) is 5.06. The number of aromatic nitrogens is 1. The molecular weight excluding hydrogens is 211 g/mol.